The van der Waals surface area contributed by atoms with E-state index < -0.39 is 6.10 Å². The maximum Gasteiger partial charge on any atom is 0.174 e. The van der Waals surface area contributed by atoms with E-state index in [1.807, 2.05) is 30.3 Å². The Labute approximate surface area is 317 Å². The van der Waals surface area contributed by atoms with Crippen molar-refractivity contribution in [3.63, 3.8) is 0 Å². The van der Waals surface area contributed by atoms with E-state index in [-0.39, 0.29) is 12.2 Å². The zero-order valence-electron chi connectivity index (χ0n) is 34.7. The number of hydrogen-bond donors (Lipinski definition) is 0. The minimum atomic E-state index is -0.403. The predicted octanol–water partition coefficient (Wildman–Crippen LogP) is 10.5. The molecule has 1 aliphatic heterocycles. The number of Topliss-reactive ketones (excluding diaryl/α,β-unsaturated/α-hetero) is 1. The van der Waals surface area contributed by atoms with Gasteiger partial charge in [0.2, 0.25) is 0 Å². The first-order valence-corrected chi connectivity index (χ1v) is 20.1. The van der Waals surface area contributed by atoms with Crippen LogP contribution in [-0.2, 0) is 6.42 Å². The Bertz CT molecular complexity index is 1360. The molecule has 1 aliphatic rings. The molecule has 0 N–H and O–H groups in total. The van der Waals surface area contributed by atoms with Crippen LogP contribution in [0.25, 0.3) is 0 Å². The number of carbonyl (C=O) groups is 1. The van der Waals surface area contributed by atoms with Gasteiger partial charge in [-0.3, -0.25) is 4.79 Å². The summed E-state index contributed by atoms with van der Waals surface area (Å²) >= 11 is 0. The van der Waals surface area contributed by atoms with E-state index >= 15 is 0 Å². The van der Waals surface area contributed by atoms with Crippen LogP contribution in [0.2, 0.25) is 0 Å². The maximum atomic E-state index is 13.8. The molecular formula is C45H72N2O5. The van der Waals surface area contributed by atoms with Crippen molar-refractivity contribution < 1.29 is 23.7 Å². The Hall–Kier alpha value is -3.03. The Balaban J connectivity index is 1.69. The standard InChI is InChI=1S/C45H72N2O5/c1-32(2)16-21-39-42(51-25-15-13-23-47(30-35(7)8)31-36(9)10)27-43(49-11)44-40(48)26-41(52-45(39)44)37-17-19-38(20-18-37)50-24-14-12-22-46(28-33(3)4)29-34(5)6/h16-20,27,33-36,41H,12-15,21-26,28-31H2,1-11H3. The third-order valence-electron chi connectivity index (χ3n) is 9.16. The molecule has 0 amide bonds. The first-order valence-electron chi connectivity index (χ1n) is 20.1. The van der Waals surface area contributed by atoms with Gasteiger partial charge in [-0.2, -0.15) is 0 Å². The highest BCUT2D eigenvalue weighted by atomic mass is 16.5. The molecule has 7 nitrogen and oxygen atoms in total. The minimum Gasteiger partial charge on any atom is -0.496 e. The molecule has 0 spiro atoms. The minimum absolute atomic E-state index is 0.0211. The molecule has 1 heterocycles. The zero-order chi connectivity index (χ0) is 38.2. The molecule has 292 valence electrons. The second-order valence-corrected chi connectivity index (χ2v) is 16.8. The smallest absolute Gasteiger partial charge is 0.174 e. The fraction of sp³-hybridized carbons (Fsp3) is 0.667. The fourth-order valence-corrected chi connectivity index (χ4v) is 7.08. The van der Waals surface area contributed by atoms with Gasteiger partial charge in [0.1, 0.15) is 34.7 Å². The Morgan fingerprint density at radius 2 is 1.29 bits per heavy atom. The van der Waals surface area contributed by atoms with Gasteiger partial charge in [-0.05, 0) is 100 Å². The zero-order valence-corrected chi connectivity index (χ0v) is 34.7. The molecule has 3 rings (SSSR count). The van der Waals surface area contributed by atoms with Crippen molar-refractivity contribution in [1.82, 2.24) is 9.80 Å². The fourth-order valence-electron chi connectivity index (χ4n) is 7.08. The number of nitrogens with zero attached hydrogens (tertiary/aromatic N) is 2. The number of unbranched alkanes of at least 4 members (excludes halogenated alkanes) is 2. The third kappa shape index (κ3) is 14.8. The number of allylic oxidation sites excluding steroid dienone is 2. The van der Waals surface area contributed by atoms with Crippen LogP contribution in [0.15, 0.2) is 42.0 Å². The molecule has 7 heteroatoms. The lowest BCUT2D eigenvalue weighted by Crippen LogP contribution is -2.32. The number of rotatable bonds is 24. The summed E-state index contributed by atoms with van der Waals surface area (Å²) in [6, 6.07) is 9.93. The molecule has 0 aliphatic carbocycles. The average molecular weight is 721 g/mol. The van der Waals surface area contributed by atoms with E-state index in [2.05, 4.69) is 85.1 Å². The van der Waals surface area contributed by atoms with Crippen molar-refractivity contribution in [2.75, 3.05) is 59.6 Å². The van der Waals surface area contributed by atoms with E-state index in [1.54, 1.807) is 7.11 Å². The Morgan fingerprint density at radius 1 is 0.769 bits per heavy atom. The Kier molecular flexibility index (Phi) is 18.6. The van der Waals surface area contributed by atoms with Gasteiger partial charge in [0, 0.05) is 37.8 Å². The van der Waals surface area contributed by atoms with Gasteiger partial charge in [0.25, 0.3) is 0 Å². The topological polar surface area (TPSA) is 60.5 Å². The molecule has 1 unspecified atom stereocenters. The summed E-state index contributed by atoms with van der Waals surface area (Å²) in [6.07, 6.45) is 6.77. The van der Waals surface area contributed by atoms with Crippen LogP contribution in [0, 0.1) is 23.7 Å². The molecule has 0 bridgehead atoms. The number of benzene rings is 2. The van der Waals surface area contributed by atoms with Crippen molar-refractivity contribution in [3.8, 4) is 23.0 Å². The van der Waals surface area contributed by atoms with Crippen LogP contribution < -0.4 is 18.9 Å². The van der Waals surface area contributed by atoms with E-state index in [0.29, 0.717) is 60.4 Å². The number of carbonyl (C=O) groups excluding carboxylic acids is 1. The van der Waals surface area contributed by atoms with Gasteiger partial charge in [-0.1, -0.05) is 79.2 Å². The highest BCUT2D eigenvalue weighted by molar-refractivity contribution is 6.03. The lowest BCUT2D eigenvalue weighted by molar-refractivity contribution is 0.0841. The van der Waals surface area contributed by atoms with Gasteiger partial charge in [0.05, 0.1) is 26.7 Å². The summed E-state index contributed by atoms with van der Waals surface area (Å²) in [5, 5.41) is 0. The summed E-state index contributed by atoms with van der Waals surface area (Å²) in [5.41, 5.74) is 3.57. The number of methoxy groups -OCH3 is 1. The van der Waals surface area contributed by atoms with Crippen molar-refractivity contribution >= 4 is 5.78 Å². The summed E-state index contributed by atoms with van der Waals surface area (Å²) < 4.78 is 25.1. The number of ether oxygens (including phenoxy) is 4. The predicted molar refractivity (Wildman–Crippen MR) is 217 cm³/mol. The molecule has 0 saturated carbocycles. The highest BCUT2D eigenvalue weighted by Gasteiger charge is 2.34. The van der Waals surface area contributed by atoms with Crippen molar-refractivity contribution in [3.05, 3.63) is 58.7 Å². The van der Waals surface area contributed by atoms with E-state index in [0.717, 1.165) is 87.6 Å². The van der Waals surface area contributed by atoms with E-state index in [9.17, 15) is 4.79 Å². The second-order valence-electron chi connectivity index (χ2n) is 16.8. The molecule has 0 saturated heterocycles. The van der Waals surface area contributed by atoms with Crippen LogP contribution in [0.3, 0.4) is 0 Å². The van der Waals surface area contributed by atoms with E-state index in [1.165, 1.54) is 5.57 Å². The van der Waals surface area contributed by atoms with Crippen LogP contribution >= 0.6 is 0 Å². The quantitative estimate of drug-likeness (QED) is 0.0790. The molecular weight excluding hydrogens is 649 g/mol. The molecule has 0 radical (unpaired) electrons. The average Bonchev–Trinajstić information content (AvgIpc) is 3.05. The van der Waals surface area contributed by atoms with Crippen molar-refractivity contribution in [2.24, 2.45) is 23.7 Å². The van der Waals surface area contributed by atoms with Gasteiger partial charge in [-0.25, -0.2) is 0 Å². The SMILES string of the molecule is COc1cc(OCCCCN(CC(C)C)CC(C)C)c(CC=C(C)C)c2c1C(=O)CC(c1ccc(OCCCCN(CC(C)C)CC(C)C)cc1)O2. The van der Waals surface area contributed by atoms with Gasteiger partial charge in [0.15, 0.2) is 5.78 Å². The highest BCUT2D eigenvalue weighted by Crippen LogP contribution is 2.46. The van der Waals surface area contributed by atoms with Gasteiger partial charge < -0.3 is 28.7 Å². The first kappa shape index (κ1) is 43.4. The van der Waals surface area contributed by atoms with Gasteiger partial charge in [-0.15, -0.1) is 0 Å². The normalized spacial score (nSPS) is 14.5. The lowest BCUT2D eigenvalue weighted by atomic mass is 9.92. The Morgan fingerprint density at radius 3 is 1.77 bits per heavy atom. The van der Waals surface area contributed by atoms with Crippen LogP contribution in [0.4, 0.5) is 0 Å². The summed E-state index contributed by atoms with van der Waals surface area (Å²) in [5.74, 6) is 5.32. The van der Waals surface area contributed by atoms with Crippen molar-refractivity contribution in [1.29, 1.82) is 0 Å². The summed E-state index contributed by atoms with van der Waals surface area (Å²) in [4.78, 5) is 18.9. The van der Waals surface area contributed by atoms with Crippen LogP contribution in [0.5, 0.6) is 23.0 Å². The first-order chi connectivity index (χ1) is 24.8. The number of ketones is 1. The summed E-state index contributed by atoms with van der Waals surface area (Å²) in [6.45, 7) is 30.4. The molecule has 52 heavy (non-hydrogen) atoms. The number of hydrogen-bond acceptors (Lipinski definition) is 7. The third-order valence-corrected chi connectivity index (χ3v) is 9.16. The lowest BCUT2D eigenvalue weighted by Gasteiger charge is -2.30. The molecule has 1 atom stereocenters. The second kappa shape index (κ2) is 22.2. The van der Waals surface area contributed by atoms with Crippen molar-refractivity contribution in [2.45, 2.75) is 114 Å². The number of fused-ring (bicyclic) bond motifs is 1. The monoisotopic (exact) mass is 721 g/mol. The largest absolute Gasteiger partial charge is 0.496 e. The summed E-state index contributed by atoms with van der Waals surface area (Å²) in [7, 11) is 1.61. The maximum absolute atomic E-state index is 13.8. The van der Waals surface area contributed by atoms with Crippen LogP contribution in [-0.4, -0.2) is 75.2 Å². The van der Waals surface area contributed by atoms with Crippen LogP contribution in [0.1, 0.15) is 129 Å². The molecule has 0 aromatic heterocycles. The van der Waals surface area contributed by atoms with E-state index in [4.69, 9.17) is 18.9 Å². The molecule has 0 fully saturated rings. The molecule has 2 aromatic rings. The van der Waals surface area contributed by atoms with Gasteiger partial charge >= 0.3 is 0 Å². The molecule has 2 aromatic carbocycles.